The molecule has 4 rings (SSSR count). The lowest BCUT2D eigenvalue weighted by Crippen LogP contribution is -2.28. The minimum atomic E-state index is -0.0273. The van der Waals surface area contributed by atoms with Gasteiger partial charge in [-0.25, -0.2) is 4.52 Å². The number of anilines is 2. The van der Waals surface area contributed by atoms with Crippen LogP contribution in [0.2, 0.25) is 0 Å². The second kappa shape index (κ2) is 4.34. The monoisotopic (exact) mass is 278 g/mol. The summed E-state index contributed by atoms with van der Waals surface area (Å²) >= 11 is 0. The number of hydrogen-bond acceptors (Lipinski definition) is 3. The average molecular weight is 278 g/mol. The van der Waals surface area contributed by atoms with E-state index in [4.69, 9.17) is 5.73 Å². The molecule has 2 aromatic heterocycles. The highest BCUT2D eigenvalue weighted by Gasteiger charge is 2.28. The summed E-state index contributed by atoms with van der Waals surface area (Å²) in [7, 11) is 0. The van der Waals surface area contributed by atoms with Crippen molar-refractivity contribution in [1.29, 1.82) is 0 Å². The molecule has 0 atom stereocenters. The number of carbonyl (C=O) groups excluding carboxylic acids is 1. The molecule has 1 amide bonds. The fourth-order valence-corrected chi connectivity index (χ4v) is 2.92. The van der Waals surface area contributed by atoms with Gasteiger partial charge in [-0.1, -0.05) is 12.1 Å². The summed E-state index contributed by atoms with van der Waals surface area (Å²) in [4.78, 5) is 14.6. The molecule has 5 nitrogen and oxygen atoms in total. The number of nitrogens with zero attached hydrogens (tertiary/aromatic N) is 3. The van der Waals surface area contributed by atoms with Crippen molar-refractivity contribution in [2.45, 2.75) is 6.42 Å². The minimum absolute atomic E-state index is 0.0273. The lowest BCUT2D eigenvalue weighted by atomic mass is 10.1. The lowest BCUT2D eigenvalue weighted by Gasteiger charge is -2.16. The first kappa shape index (κ1) is 12.0. The summed E-state index contributed by atoms with van der Waals surface area (Å²) in [5.41, 5.74) is 10.1. The summed E-state index contributed by atoms with van der Waals surface area (Å²) in [5, 5.41) is 4.23. The first-order valence-electron chi connectivity index (χ1n) is 6.87. The third-order valence-electron chi connectivity index (χ3n) is 3.97. The van der Waals surface area contributed by atoms with Gasteiger partial charge in [0.1, 0.15) is 0 Å². The Kier molecular flexibility index (Phi) is 2.47. The number of fused-ring (bicyclic) bond motifs is 2. The largest absolute Gasteiger partial charge is 0.398 e. The quantitative estimate of drug-likeness (QED) is 0.693. The van der Waals surface area contributed by atoms with E-state index in [0.717, 1.165) is 28.9 Å². The highest BCUT2D eigenvalue weighted by Crippen LogP contribution is 2.33. The van der Waals surface area contributed by atoms with Gasteiger partial charge in [-0.05, 0) is 30.7 Å². The Morgan fingerprint density at radius 1 is 1.19 bits per heavy atom. The number of hydrogen-bond donors (Lipinski definition) is 1. The lowest BCUT2D eigenvalue weighted by molar-refractivity contribution is 0.0991. The molecule has 104 valence electrons. The van der Waals surface area contributed by atoms with Crippen molar-refractivity contribution in [3.05, 3.63) is 59.9 Å². The predicted molar refractivity (Wildman–Crippen MR) is 81.4 cm³/mol. The topological polar surface area (TPSA) is 63.6 Å². The van der Waals surface area contributed by atoms with E-state index in [-0.39, 0.29) is 5.91 Å². The Morgan fingerprint density at radius 3 is 3.00 bits per heavy atom. The maximum absolute atomic E-state index is 12.8. The standard InChI is InChI=1S/C16H14N4O/c17-13-4-3-6-14-11(13)7-9-19(14)16(21)12-10-18-20-8-2-1-5-15(12)20/h1-6,8,10H,7,9,17H2. The molecule has 0 unspecified atom stereocenters. The molecule has 0 saturated heterocycles. The van der Waals surface area contributed by atoms with Crippen molar-refractivity contribution >= 4 is 22.8 Å². The Labute approximate surface area is 121 Å². The second-order valence-electron chi connectivity index (χ2n) is 5.14. The van der Waals surface area contributed by atoms with E-state index in [1.807, 2.05) is 42.6 Å². The van der Waals surface area contributed by atoms with E-state index < -0.39 is 0 Å². The van der Waals surface area contributed by atoms with Crippen LogP contribution in [-0.2, 0) is 6.42 Å². The molecule has 0 saturated carbocycles. The number of rotatable bonds is 1. The molecule has 1 aliphatic rings. The van der Waals surface area contributed by atoms with E-state index >= 15 is 0 Å². The number of amides is 1. The summed E-state index contributed by atoms with van der Waals surface area (Å²) in [5.74, 6) is -0.0273. The molecule has 21 heavy (non-hydrogen) atoms. The molecular formula is C16H14N4O. The maximum Gasteiger partial charge on any atom is 0.262 e. The molecule has 0 aliphatic carbocycles. The number of aromatic nitrogens is 2. The van der Waals surface area contributed by atoms with Gasteiger partial charge in [0.05, 0.1) is 17.3 Å². The van der Waals surface area contributed by atoms with Crippen LogP contribution in [0, 0.1) is 0 Å². The number of nitrogens with two attached hydrogens (primary N) is 1. The first-order chi connectivity index (χ1) is 10.3. The summed E-state index contributed by atoms with van der Waals surface area (Å²) < 4.78 is 1.71. The van der Waals surface area contributed by atoms with Gasteiger partial charge in [0.2, 0.25) is 0 Å². The number of nitrogen functional groups attached to an aromatic ring is 1. The molecule has 1 aromatic carbocycles. The van der Waals surface area contributed by atoms with Crippen LogP contribution in [0.25, 0.3) is 5.52 Å². The molecule has 3 heterocycles. The minimum Gasteiger partial charge on any atom is -0.398 e. The van der Waals surface area contributed by atoms with Crippen LogP contribution in [0.1, 0.15) is 15.9 Å². The normalized spacial score (nSPS) is 13.6. The van der Waals surface area contributed by atoms with Crippen LogP contribution in [0.4, 0.5) is 11.4 Å². The van der Waals surface area contributed by atoms with Gasteiger partial charge in [-0.15, -0.1) is 0 Å². The van der Waals surface area contributed by atoms with Gasteiger partial charge in [0.15, 0.2) is 0 Å². The zero-order valence-electron chi connectivity index (χ0n) is 11.4. The van der Waals surface area contributed by atoms with Gasteiger partial charge in [0.25, 0.3) is 5.91 Å². The van der Waals surface area contributed by atoms with Crippen molar-refractivity contribution in [3.63, 3.8) is 0 Å². The van der Waals surface area contributed by atoms with Crippen molar-refractivity contribution in [1.82, 2.24) is 9.61 Å². The highest BCUT2D eigenvalue weighted by atomic mass is 16.2. The van der Waals surface area contributed by atoms with Crippen molar-refractivity contribution < 1.29 is 4.79 Å². The molecule has 3 aromatic rings. The van der Waals surface area contributed by atoms with E-state index in [0.29, 0.717) is 12.1 Å². The summed E-state index contributed by atoms with van der Waals surface area (Å²) in [6.07, 6.45) is 4.26. The van der Waals surface area contributed by atoms with Crippen molar-refractivity contribution in [2.75, 3.05) is 17.2 Å². The smallest absolute Gasteiger partial charge is 0.262 e. The molecule has 5 heteroatoms. The van der Waals surface area contributed by atoms with E-state index in [9.17, 15) is 4.79 Å². The third kappa shape index (κ3) is 1.71. The van der Waals surface area contributed by atoms with Gasteiger partial charge in [-0.2, -0.15) is 5.10 Å². The summed E-state index contributed by atoms with van der Waals surface area (Å²) in [6, 6.07) is 11.4. The average Bonchev–Trinajstić information content (AvgIpc) is 3.11. The molecule has 2 N–H and O–H groups in total. The van der Waals surface area contributed by atoms with Crippen LogP contribution >= 0.6 is 0 Å². The predicted octanol–water partition coefficient (Wildman–Crippen LogP) is 2.12. The van der Waals surface area contributed by atoms with Crippen molar-refractivity contribution in [3.8, 4) is 0 Å². The van der Waals surface area contributed by atoms with Gasteiger partial charge in [-0.3, -0.25) is 4.79 Å². The SMILES string of the molecule is Nc1cccc2c1CCN2C(=O)c1cnn2ccccc12. The molecule has 0 spiro atoms. The van der Waals surface area contributed by atoms with Crippen LogP contribution < -0.4 is 10.6 Å². The Bertz CT molecular complexity index is 852. The Hall–Kier alpha value is -2.82. The van der Waals surface area contributed by atoms with Crippen molar-refractivity contribution in [2.24, 2.45) is 0 Å². The zero-order chi connectivity index (χ0) is 14.4. The van der Waals surface area contributed by atoms with E-state index in [1.165, 1.54) is 0 Å². The van der Waals surface area contributed by atoms with Crippen LogP contribution in [0.5, 0.6) is 0 Å². The Morgan fingerprint density at radius 2 is 2.10 bits per heavy atom. The Balaban J connectivity index is 1.79. The highest BCUT2D eigenvalue weighted by molar-refractivity contribution is 6.11. The molecule has 0 radical (unpaired) electrons. The number of pyridine rings is 1. The fourth-order valence-electron chi connectivity index (χ4n) is 2.92. The fraction of sp³-hybridized carbons (Fsp3) is 0.125. The third-order valence-corrected chi connectivity index (χ3v) is 3.97. The van der Waals surface area contributed by atoms with Crippen LogP contribution in [-0.4, -0.2) is 22.1 Å². The summed E-state index contributed by atoms with van der Waals surface area (Å²) in [6.45, 7) is 0.659. The van der Waals surface area contributed by atoms with Crippen LogP contribution in [0.15, 0.2) is 48.8 Å². The molecule has 0 fully saturated rings. The van der Waals surface area contributed by atoms with Crippen LogP contribution in [0.3, 0.4) is 0 Å². The number of benzene rings is 1. The molecular weight excluding hydrogens is 264 g/mol. The van der Waals surface area contributed by atoms with Gasteiger partial charge < -0.3 is 10.6 Å². The van der Waals surface area contributed by atoms with Gasteiger partial charge >= 0.3 is 0 Å². The van der Waals surface area contributed by atoms with Gasteiger partial charge in [0, 0.05) is 29.7 Å². The first-order valence-corrected chi connectivity index (χ1v) is 6.87. The zero-order valence-corrected chi connectivity index (χ0v) is 11.4. The number of carbonyl (C=O) groups is 1. The van der Waals surface area contributed by atoms with E-state index in [2.05, 4.69) is 5.10 Å². The second-order valence-corrected chi connectivity index (χ2v) is 5.14. The molecule has 0 bridgehead atoms. The molecule has 1 aliphatic heterocycles. The maximum atomic E-state index is 12.8. The van der Waals surface area contributed by atoms with E-state index in [1.54, 1.807) is 15.6 Å².